The number of phenolic OH excluding ortho intramolecular Hbond substituents is 1. The molecule has 0 unspecified atom stereocenters. The van der Waals surface area contributed by atoms with Crippen LogP contribution in [0.15, 0.2) is 83.3 Å². The minimum absolute atomic E-state index is 0.0777. The Balaban J connectivity index is 1.72. The van der Waals surface area contributed by atoms with E-state index in [-0.39, 0.29) is 11.7 Å². The third kappa shape index (κ3) is 2.07. The van der Waals surface area contributed by atoms with E-state index in [2.05, 4.69) is 0 Å². The van der Waals surface area contributed by atoms with Crippen LogP contribution in [0, 0.1) is 0 Å². The highest BCUT2D eigenvalue weighted by atomic mass is 16.3. The lowest BCUT2D eigenvalue weighted by Gasteiger charge is -2.07. The molecule has 0 aliphatic rings. The molecule has 3 heterocycles. The molecule has 4 aromatic carbocycles. The third-order valence-corrected chi connectivity index (χ3v) is 6.00. The van der Waals surface area contributed by atoms with Crippen LogP contribution in [0.25, 0.3) is 60.7 Å². The zero-order chi connectivity index (χ0) is 23.2. The topological polar surface area (TPSA) is 56.1 Å². The number of phenols is 1. The van der Waals surface area contributed by atoms with Gasteiger partial charge in [-0.1, -0.05) is 30.3 Å². The number of benzene rings is 4. The maximum absolute atomic E-state index is 10.3. The predicted octanol–water partition coefficient (Wildman–Crippen LogP) is 6.28. The van der Waals surface area contributed by atoms with Crippen molar-refractivity contribution >= 4 is 54.8 Å². The highest BCUT2D eigenvalue weighted by molar-refractivity contribution is 6.23. The SMILES string of the molecule is [2H]C([2H])([2H])n1c(-n2c3cc(O)ccc3c3c4oc5ccccc5c4ccc32)nc2ccccc21. The van der Waals surface area contributed by atoms with Gasteiger partial charge in [0.15, 0.2) is 0 Å². The van der Waals surface area contributed by atoms with Crippen molar-refractivity contribution in [3.63, 3.8) is 0 Å². The van der Waals surface area contributed by atoms with Gasteiger partial charge < -0.3 is 14.1 Å². The first-order valence-corrected chi connectivity index (χ1v) is 9.97. The molecule has 0 aliphatic carbocycles. The number of para-hydroxylation sites is 3. The summed E-state index contributed by atoms with van der Waals surface area (Å²) in [4.78, 5) is 4.73. The lowest BCUT2D eigenvalue weighted by atomic mass is 10.1. The molecule has 0 amide bonds. The van der Waals surface area contributed by atoms with Gasteiger partial charge in [-0.05, 0) is 42.5 Å². The molecular formula is C26H17N3O2. The minimum atomic E-state index is -2.46. The van der Waals surface area contributed by atoms with Crippen LogP contribution in [-0.2, 0) is 6.98 Å². The Kier molecular flexibility index (Phi) is 2.54. The summed E-state index contributed by atoms with van der Waals surface area (Å²) in [6.07, 6.45) is 0. The van der Waals surface area contributed by atoms with Crippen molar-refractivity contribution in [3.05, 3.63) is 78.9 Å². The summed E-state index contributed by atoms with van der Waals surface area (Å²) in [7, 11) is 0. The third-order valence-electron chi connectivity index (χ3n) is 6.00. The highest BCUT2D eigenvalue weighted by Crippen LogP contribution is 2.41. The second-order valence-corrected chi connectivity index (χ2v) is 7.71. The van der Waals surface area contributed by atoms with Crippen molar-refractivity contribution in [3.8, 4) is 11.7 Å². The first kappa shape index (κ1) is 13.9. The lowest BCUT2D eigenvalue weighted by molar-refractivity contribution is 0.476. The lowest BCUT2D eigenvalue weighted by Crippen LogP contribution is -2.02. The maximum atomic E-state index is 10.3. The van der Waals surface area contributed by atoms with Crippen LogP contribution in [0.2, 0.25) is 0 Å². The van der Waals surface area contributed by atoms with Gasteiger partial charge in [-0.15, -0.1) is 0 Å². The molecule has 0 saturated carbocycles. The van der Waals surface area contributed by atoms with Gasteiger partial charge in [-0.25, -0.2) is 4.98 Å². The Hall–Kier alpha value is -4.25. The van der Waals surface area contributed by atoms with E-state index in [4.69, 9.17) is 13.5 Å². The first-order chi connectivity index (χ1) is 16.4. The summed E-state index contributed by atoms with van der Waals surface area (Å²) in [5.74, 6) is 0.330. The fraction of sp³-hybridized carbons (Fsp3) is 0.0385. The van der Waals surface area contributed by atoms with Gasteiger partial charge in [-0.3, -0.25) is 4.57 Å². The van der Waals surface area contributed by atoms with Crippen molar-refractivity contribution in [1.29, 1.82) is 0 Å². The van der Waals surface area contributed by atoms with Gasteiger partial charge in [-0.2, -0.15) is 0 Å². The van der Waals surface area contributed by atoms with Crippen molar-refractivity contribution in [2.75, 3.05) is 0 Å². The zero-order valence-corrected chi connectivity index (χ0v) is 16.2. The second-order valence-electron chi connectivity index (χ2n) is 7.71. The van der Waals surface area contributed by atoms with E-state index in [9.17, 15) is 5.11 Å². The molecule has 148 valence electrons. The van der Waals surface area contributed by atoms with Gasteiger partial charge in [0.05, 0.1) is 27.5 Å². The van der Waals surface area contributed by atoms with Gasteiger partial charge in [0.1, 0.15) is 16.9 Å². The number of aryl methyl sites for hydroxylation is 1. The summed E-state index contributed by atoms with van der Waals surface area (Å²) in [6.45, 7) is -2.46. The molecule has 5 heteroatoms. The molecule has 0 fully saturated rings. The van der Waals surface area contributed by atoms with Crippen molar-refractivity contribution < 1.29 is 13.6 Å². The van der Waals surface area contributed by atoms with Crippen LogP contribution >= 0.6 is 0 Å². The normalized spacial score (nSPS) is 14.0. The average Bonchev–Trinajstić information content (AvgIpc) is 3.47. The standard InChI is InChI=1S/C26H17N3O2/c1-28-20-8-4-3-7-19(20)27-26(28)29-21-13-12-17-16-6-2-5-9-23(16)31-25(17)24(21)18-11-10-15(30)14-22(18)29/h2-14,30H,1H3/i1D3. The first-order valence-electron chi connectivity index (χ1n) is 11.5. The summed E-state index contributed by atoms with van der Waals surface area (Å²) in [5, 5.41) is 14.0. The molecule has 0 aliphatic heterocycles. The van der Waals surface area contributed by atoms with Gasteiger partial charge in [0, 0.05) is 33.3 Å². The van der Waals surface area contributed by atoms with Crippen molar-refractivity contribution in [1.82, 2.24) is 14.1 Å². The van der Waals surface area contributed by atoms with Crippen LogP contribution in [0.4, 0.5) is 0 Å². The zero-order valence-electron chi connectivity index (χ0n) is 19.2. The van der Waals surface area contributed by atoms with E-state index in [1.165, 1.54) is 4.57 Å². The van der Waals surface area contributed by atoms with Crippen LogP contribution in [0.1, 0.15) is 4.11 Å². The van der Waals surface area contributed by atoms with E-state index < -0.39 is 6.98 Å². The van der Waals surface area contributed by atoms with Crippen LogP contribution in [0.3, 0.4) is 0 Å². The molecule has 31 heavy (non-hydrogen) atoms. The summed E-state index contributed by atoms with van der Waals surface area (Å²) >= 11 is 0. The quantitative estimate of drug-likeness (QED) is 0.349. The number of aromatic nitrogens is 3. The number of aromatic hydroxyl groups is 1. The predicted molar refractivity (Wildman–Crippen MR) is 124 cm³/mol. The average molecular weight is 406 g/mol. The summed E-state index contributed by atoms with van der Waals surface area (Å²) < 4.78 is 34.1. The number of rotatable bonds is 1. The molecule has 0 bridgehead atoms. The Morgan fingerprint density at radius 2 is 1.68 bits per heavy atom. The molecule has 0 saturated heterocycles. The largest absolute Gasteiger partial charge is 0.508 e. The summed E-state index contributed by atoms with van der Waals surface area (Å²) in [5.41, 5.74) is 3.96. The molecule has 5 nitrogen and oxygen atoms in total. The second kappa shape index (κ2) is 5.67. The van der Waals surface area contributed by atoms with Gasteiger partial charge in [0.2, 0.25) is 5.95 Å². The molecule has 0 spiro atoms. The van der Waals surface area contributed by atoms with Crippen LogP contribution < -0.4 is 0 Å². The molecule has 0 atom stereocenters. The molecule has 1 N–H and O–H groups in total. The minimum Gasteiger partial charge on any atom is -0.508 e. The van der Waals surface area contributed by atoms with Crippen LogP contribution in [0.5, 0.6) is 5.75 Å². The van der Waals surface area contributed by atoms with Gasteiger partial charge >= 0.3 is 0 Å². The number of fused-ring (bicyclic) bond motifs is 8. The van der Waals surface area contributed by atoms with Crippen molar-refractivity contribution in [2.24, 2.45) is 6.98 Å². The van der Waals surface area contributed by atoms with E-state index in [1.54, 1.807) is 34.9 Å². The van der Waals surface area contributed by atoms with Crippen molar-refractivity contribution in [2.45, 2.75) is 0 Å². The smallest absolute Gasteiger partial charge is 0.215 e. The molecular weight excluding hydrogens is 386 g/mol. The van der Waals surface area contributed by atoms with E-state index in [0.717, 1.165) is 32.6 Å². The Morgan fingerprint density at radius 1 is 0.839 bits per heavy atom. The number of nitrogens with zero attached hydrogens (tertiary/aromatic N) is 3. The van der Waals surface area contributed by atoms with E-state index in [1.807, 2.05) is 48.5 Å². The highest BCUT2D eigenvalue weighted by Gasteiger charge is 2.21. The molecule has 3 aromatic heterocycles. The van der Waals surface area contributed by atoms with Crippen LogP contribution in [-0.4, -0.2) is 19.2 Å². The number of hydrogen-bond acceptors (Lipinski definition) is 3. The number of hydrogen-bond donors (Lipinski definition) is 1. The fourth-order valence-electron chi connectivity index (χ4n) is 4.65. The fourth-order valence-corrected chi connectivity index (χ4v) is 4.65. The Labute approximate surface area is 180 Å². The molecule has 7 aromatic rings. The number of furan rings is 1. The monoisotopic (exact) mass is 406 g/mol. The van der Waals surface area contributed by atoms with E-state index >= 15 is 0 Å². The Bertz CT molecular complexity index is 1930. The Morgan fingerprint density at radius 3 is 2.61 bits per heavy atom. The number of imidazole rings is 1. The van der Waals surface area contributed by atoms with E-state index in [0.29, 0.717) is 22.1 Å². The summed E-state index contributed by atoms with van der Waals surface area (Å²) in [6, 6.07) is 24.1. The molecule has 0 radical (unpaired) electrons. The maximum Gasteiger partial charge on any atom is 0.215 e. The van der Waals surface area contributed by atoms with Gasteiger partial charge in [0.25, 0.3) is 0 Å². The molecule has 7 rings (SSSR count).